The molecule has 0 unspecified atom stereocenters. The number of carbonyl (C=O) groups is 1. The molecule has 2 aromatic carbocycles. The maximum absolute atomic E-state index is 12.2. The fourth-order valence-electron chi connectivity index (χ4n) is 2.53. The lowest BCUT2D eigenvalue weighted by Gasteiger charge is -2.14. The van der Waals surface area contributed by atoms with E-state index in [1.54, 1.807) is 0 Å². The largest absolute Gasteiger partial charge is 0.349 e. The van der Waals surface area contributed by atoms with E-state index in [0.717, 1.165) is 21.4 Å². The van der Waals surface area contributed by atoms with Crippen molar-refractivity contribution in [1.82, 2.24) is 20.1 Å². The molecule has 0 radical (unpaired) electrons. The number of rotatable bonds is 6. The maximum Gasteiger partial charge on any atom is 0.230 e. The normalized spacial score (nSPS) is 12.0. The molecular formula is C19H19BrN4OS. The smallest absolute Gasteiger partial charge is 0.230 e. The molecule has 0 aliphatic heterocycles. The van der Waals surface area contributed by atoms with Gasteiger partial charge in [-0.15, -0.1) is 10.2 Å². The molecule has 0 spiro atoms. The Morgan fingerprint density at radius 1 is 1.15 bits per heavy atom. The van der Waals surface area contributed by atoms with Crippen LogP contribution in [0.5, 0.6) is 0 Å². The molecule has 1 heterocycles. The van der Waals surface area contributed by atoms with Crippen molar-refractivity contribution in [2.45, 2.75) is 18.1 Å². The molecule has 0 aliphatic rings. The summed E-state index contributed by atoms with van der Waals surface area (Å²) < 4.78 is 2.92. The molecule has 1 aromatic heterocycles. The van der Waals surface area contributed by atoms with E-state index in [1.165, 1.54) is 11.8 Å². The van der Waals surface area contributed by atoms with Crippen LogP contribution in [0.3, 0.4) is 0 Å². The van der Waals surface area contributed by atoms with Gasteiger partial charge in [-0.3, -0.25) is 4.79 Å². The molecule has 0 fully saturated rings. The lowest BCUT2D eigenvalue weighted by atomic mass is 10.1. The Morgan fingerprint density at radius 2 is 1.85 bits per heavy atom. The van der Waals surface area contributed by atoms with Gasteiger partial charge in [0.1, 0.15) is 0 Å². The first-order valence-electron chi connectivity index (χ1n) is 8.17. The number of nitrogens with zero attached hydrogens (tertiary/aromatic N) is 3. The van der Waals surface area contributed by atoms with Crippen molar-refractivity contribution in [2.24, 2.45) is 7.05 Å². The van der Waals surface area contributed by atoms with Gasteiger partial charge in [-0.05, 0) is 24.6 Å². The van der Waals surface area contributed by atoms with Crippen LogP contribution in [0.1, 0.15) is 18.5 Å². The number of hydrogen-bond donors (Lipinski definition) is 1. The molecule has 0 saturated heterocycles. The van der Waals surface area contributed by atoms with Crippen LogP contribution in [0, 0.1) is 0 Å². The van der Waals surface area contributed by atoms with E-state index >= 15 is 0 Å². The van der Waals surface area contributed by atoms with Crippen molar-refractivity contribution in [3.05, 3.63) is 64.6 Å². The molecular weight excluding hydrogens is 412 g/mol. The summed E-state index contributed by atoms with van der Waals surface area (Å²) in [5.41, 5.74) is 2.07. The number of benzene rings is 2. The van der Waals surface area contributed by atoms with Crippen LogP contribution in [-0.2, 0) is 11.8 Å². The monoisotopic (exact) mass is 430 g/mol. The minimum Gasteiger partial charge on any atom is -0.349 e. The number of hydrogen-bond acceptors (Lipinski definition) is 4. The molecule has 1 N–H and O–H groups in total. The lowest BCUT2D eigenvalue weighted by Crippen LogP contribution is -2.28. The summed E-state index contributed by atoms with van der Waals surface area (Å²) in [5.74, 6) is 1.04. The van der Waals surface area contributed by atoms with Gasteiger partial charge in [0.05, 0.1) is 11.8 Å². The van der Waals surface area contributed by atoms with Crippen molar-refractivity contribution in [3.63, 3.8) is 0 Å². The Bertz CT molecular complexity index is 880. The molecule has 5 nitrogen and oxygen atoms in total. The van der Waals surface area contributed by atoms with Crippen molar-refractivity contribution in [3.8, 4) is 11.4 Å². The van der Waals surface area contributed by atoms with Crippen LogP contribution in [-0.4, -0.2) is 26.4 Å². The van der Waals surface area contributed by atoms with Gasteiger partial charge >= 0.3 is 0 Å². The predicted molar refractivity (Wildman–Crippen MR) is 108 cm³/mol. The summed E-state index contributed by atoms with van der Waals surface area (Å²) in [5, 5.41) is 12.2. The highest BCUT2D eigenvalue weighted by atomic mass is 79.9. The summed E-state index contributed by atoms with van der Waals surface area (Å²) in [6.45, 7) is 1.98. The third-order valence-electron chi connectivity index (χ3n) is 3.95. The van der Waals surface area contributed by atoms with Crippen LogP contribution in [0.2, 0.25) is 0 Å². The van der Waals surface area contributed by atoms with Crippen LogP contribution in [0.15, 0.2) is 64.2 Å². The molecule has 3 rings (SSSR count). The Morgan fingerprint density at radius 3 is 2.54 bits per heavy atom. The second-order valence-corrected chi connectivity index (χ2v) is 7.72. The maximum atomic E-state index is 12.2. The van der Waals surface area contributed by atoms with E-state index in [4.69, 9.17) is 0 Å². The standard InChI is InChI=1S/C19H19BrN4OS/c1-13(14-6-4-3-5-7-14)21-17(25)12-26-19-23-22-18(24(19)2)15-8-10-16(20)11-9-15/h3-11,13H,12H2,1-2H3,(H,21,25)/t13-/m1/s1. The van der Waals surface area contributed by atoms with Gasteiger partial charge in [-0.1, -0.05) is 70.2 Å². The van der Waals surface area contributed by atoms with Crippen LogP contribution in [0.4, 0.5) is 0 Å². The van der Waals surface area contributed by atoms with E-state index in [9.17, 15) is 4.79 Å². The molecule has 0 aliphatic carbocycles. The molecule has 1 amide bonds. The molecule has 26 heavy (non-hydrogen) atoms. The highest BCUT2D eigenvalue weighted by Crippen LogP contribution is 2.24. The minimum atomic E-state index is -0.0282. The quantitative estimate of drug-likeness (QED) is 0.594. The van der Waals surface area contributed by atoms with Gasteiger partial charge in [-0.2, -0.15) is 0 Å². The number of aromatic nitrogens is 3. The topological polar surface area (TPSA) is 59.8 Å². The van der Waals surface area contributed by atoms with Crippen LogP contribution < -0.4 is 5.32 Å². The zero-order chi connectivity index (χ0) is 18.5. The first-order chi connectivity index (χ1) is 12.5. The third-order valence-corrected chi connectivity index (χ3v) is 5.50. The number of halogens is 1. The Kier molecular flexibility index (Phi) is 6.11. The van der Waals surface area contributed by atoms with E-state index in [2.05, 4.69) is 31.4 Å². The zero-order valence-electron chi connectivity index (χ0n) is 14.5. The van der Waals surface area contributed by atoms with Gasteiger partial charge < -0.3 is 9.88 Å². The minimum absolute atomic E-state index is 0.0258. The summed E-state index contributed by atoms with van der Waals surface area (Å²) in [6.07, 6.45) is 0. The van der Waals surface area contributed by atoms with Crippen molar-refractivity contribution in [1.29, 1.82) is 0 Å². The number of carbonyl (C=O) groups excluding carboxylic acids is 1. The van der Waals surface area contributed by atoms with Crippen molar-refractivity contribution < 1.29 is 4.79 Å². The Labute approximate surface area is 165 Å². The predicted octanol–water partition coefficient (Wildman–Crippen LogP) is 4.21. The fraction of sp³-hybridized carbons (Fsp3) is 0.211. The summed E-state index contributed by atoms with van der Waals surface area (Å²) in [4.78, 5) is 12.2. The second kappa shape index (κ2) is 8.51. The SMILES string of the molecule is C[C@@H](NC(=O)CSc1nnc(-c2ccc(Br)cc2)n1C)c1ccccc1. The highest BCUT2D eigenvalue weighted by molar-refractivity contribution is 9.10. The Hall–Kier alpha value is -2.12. The molecule has 0 saturated carbocycles. The van der Waals surface area contributed by atoms with Gasteiger partial charge in [0, 0.05) is 17.1 Å². The molecule has 0 bridgehead atoms. The van der Waals surface area contributed by atoms with Crippen molar-refractivity contribution in [2.75, 3.05) is 5.75 Å². The molecule has 7 heteroatoms. The fourth-order valence-corrected chi connectivity index (χ4v) is 3.52. The van der Waals surface area contributed by atoms with E-state index < -0.39 is 0 Å². The average Bonchev–Trinajstić information content (AvgIpc) is 3.02. The van der Waals surface area contributed by atoms with E-state index in [-0.39, 0.29) is 11.9 Å². The first-order valence-corrected chi connectivity index (χ1v) is 9.95. The average molecular weight is 431 g/mol. The summed E-state index contributed by atoms with van der Waals surface area (Å²) in [6, 6.07) is 17.8. The molecule has 3 aromatic rings. The van der Waals surface area contributed by atoms with Crippen LogP contribution >= 0.6 is 27.7 Å². The molecule has 134 valence electrons. The van der Waals surface area contributed by atoms with Gasteiger partial charge in [0.15, 0.2) is 11.0 Å². The van der Waals surface area contributed by atoms with E-state index in [1.807, 2.05) is 73.1 Å². The third kappa shape index (κ3) is 4.53. The number of nitrogens with one attached hydrogen (secondary N) is 1. The Balaban J connectivity index is 1.60. The van der Waals surface area contributed by atoms with Crippen molar-refractivity contribution >= 4 is 33.6 Å². The van der Waals surface area contributed by atoms with Gasteiger partial charge in [0.25, 0.3) is 0 Å². The van der Waals surface area contributed by atoms with Gasteiger partial charge in [-0.25, -0.2) is 0 Å². The summed E-state index contributed by atoms with van der Waals surface area (Å²) in [7, 11) is 1.91. The summed E-state index contributed by atoms with van der Waals surface area (Å²) >= 11 is 4.81. The van der Waals surface area contributed by atoms with E-state index in [0.29, 0.717) is 10.9 Å². The second-order valence-electron chi connectivity index (χ2n) is 5.86. The lowest BCUT2D eigenvalue weighted by molar-refractivity contribution is -0.119. The highest BCUT2D eigenvalue weighted by Gasteiger charge is 2.14. The molecule has 1 atom stereocenters. The number of thioether (sulfide) groups is 1. The zero-order valence-corrected chi connectivity index (χ0v) is 16.9. The van der Waals surface area contributed by atoms with Gasteiger partial charge in [0.2, 0.25) is 5.91 Å². The van der Waals surface area contributed by atoms with Crippen LogP contribution in [0.25, 0.3) is 11.4 Å². The first kappa shape index (κ1) is 18.7. The number of amides is 1.